The van der Waals surface area contributed by atoms with Crippen molar-refractivity contribution in [3.05, 3.63) is 47.0 Å². The fourth-order valence-corrected chi connectivity index (χ4v) is 6.08. The number of unbranched alkanes of at least 4 members (excludes halogenated alkanes) is 5. The van der Waals surface area contributed by atoms with Crippen LogP contribution in [0.3, 0.4) is 0 Å². The molecule has 4 nitrogen and oxygen atoms in total. The van der Waals surface area contributed by atoms with Crippen molar-refractivity contribution in [2.24, 2.45) is 0 Å². The molecule has 0 fully saturated rings. The Labute approximate surface area is 227 Å². The van der Waals surface area contributed by atoms with Crippen LogP contribution in [0.15, 0.2) is 30.3 Å². The van der Waals surface area contributed by atoms with Crippen molar-refractivity contribution >= 4 is 27.4 Å². The molecule has 204 valence electrons. The predicted molar refractivity (Wildman–Crippen MR) is 164 cm³/mol. The summed E-state index contributed by atoms with van der Waals surface area (Å²) < 4.78 is 0. The number of benzene rings is 2. The second kappa shape index (κ2) is 12.6. The molecular formula is C32H49N3OS. The third kappa shape index (κ3) is 8.17. The van der Waals surface area contributed by atoms with E-state index in [1.807, 2.05) is 6.07 Å². The van der Waals surface area contributed by atoms with Crippen molar-refractivity contribution in [2.75, 3.05) is 11.5 Å². The first-order chi connectivity index (χ1) is 17.4. The van der Waals surface area contributed by atoms with Gasteiger partial charge in [-0.05, 0) is 77.3 Å². The van der Waals surface area contributed by atoms with Crippen LogP contribution in [-0.2, 0) is 17.3 Å². The van der Waals surface area contributed by atoms with Gasteiger partial charge in [-0.2, -0.15) is 10.5 Å². The number of nitrogens with zero attached hydrogens (tertiary/aromatic N) is 3. The van der Waals surface area contributed by atoms with Gasteiger partial charge in [0, 0.05) is 5.56 Å². The van der Waals surface area contributed by atoms with Crippen molar-refractivity contribution in [1.82, 2.24) is 15.0 Å². The highest BCUT2D eigenvalue weighted by Crippen LogP contribution is 2.39. The second-order valence-electron chi connectivity index (χ2n) is 12.6. The molecule has 3 aromatic rings. The number of fused-ring (bicyclic) bond motifs is 1. The third-order valence-electron chi connectivity index (χ3n) is 7.11. The van der Waals surface area contributed by atoms with E-state index in [1.165, 1.54) is 67.6 Å². The van der Waals surface area contributed by atoms with Crippen molar-refractivity contribution in [1.29, 1.82) is 0 Å². The number of hydrogen-bond donors (Lipinski definition) is 1. The molecule has 0 radical (unpaired) electrons. The smallest absolute Gasteiger partial charge is 0.146 e. The van der Waals surface area contributed by atoms with E-state index >= 15 is 0 Å². The Hall–Kier alpha value is -2.14. The second-order valence-corrected chi connectivity index (χ2v) is 14.6. The molecular weight excluding hydrogens is 474 g/mol. The van der Waals surface area contributed by atoms with E-state index < -0.39 is 0 Å². The maximum absolute atomic E-state index is 11.2. The number of aryl methyl sites for hydroxylation is 1. The van der Waals surface area contributed by atoms with Crippen molar-refractivity contribution < 1.29 is 5.11 Å². The topological polar surface area (TPSA) is 50.9 Å². The summed E-state index contributed by atoms with van der Waals surface area (Å²) >= 11 is 0. The Bertz CT molecular complexity index is 1200. The number of aromatic nitrogens is 3. The first-order valence-corrected chi connectivity index (χ1v) is 15.8. The van der Waals surface area contributed by atoms with Crippen LogP contribution in [0.4, 0.5) is 0 Å². The Morgan fingerprint density at radius 1 is 0.811 bits per heavy atom. The standard InChI is InChI=1S/C32H49N3OS/c1-9-10-14-19-37(8)20-15-12-11-13-16-24-17-18-27-28(21-24)34-35(33-27)29-23-25(31(2,3)4)22-26(30(29)36)32(5,6)7/h17-18,21-23,36H,8-16,19-20H2,1-7H3. The zero-order valence-corrected chi connectivity index (χ0v) is 25.2. The summed E-state index contributed by atoms with van der Waals surface area (Å²) in [5.74, 6) is 7.23. The van der Waals surface area contributed by atoms with Crippen LogP contribution in [0.1, 0.15) is 110 Å². The molecule has 0 saturated heterocycles. The highest BCUT2D eigenvalue weighted by molar-refractivity contribution is 8.14. The van der Waals surface area contributed by atoms with E-state index in [0.29, 0.717) is 16.2 Å². The van der Waals surface area contributed by atoms with Crippen LogP contribution < -0.4 is 0 Å². The molecule has 0 amide bonds. The first kappa shape index (κ1) is 29.4. The van der Waals surface area contributed by atoms with Crippen LogP contribution in [0, 0.1) is 0 Å². The van der Waals surface area contributed by atoms with Crippen LogP contribution in [0.5, 0.6) is 5.75 Å². The molecule has 1 unspecified atom stereocenters. The number of phenolic OH excluding ortho intramolecular Hbond substituents is 1. The molecule has 37 heavy (non-hydrogen) atoms. The van der Waals surface area contributed by atoms with Gasteiger partial charge in [-0.3, -0.25) is 0 Å². The molecule has 1 atom stereocenters. The van der Waals surface area contributed by atoms with Crippen LogP contribution in [0.25, 0.3) is 16.7 Å². The molecule has 1 N–H and O–H groups in total. The molecule has 1 aromatic heterocycles. The summed E-state index contributed by atoms with van der Waals surface area (Å²) in [5, 5.41) is 20.8. The highest BCUT2D eigenvalue weighted by Gasteiger charge is 2.26. The first-order valence-electron chi connectivity index (χ1n) is 14.1. The lowest BCUT2D eigenvalue weighted by molar-refractivity contribution is 0.438. The van der Waals surface area contributed by atoms with Gasteiger partial charge in [0.25, 0.3) is 0 Å². The summed E-state index contributed by atoms with van der Waals surface area (Å²) in [6, 6.07) is 10.6. The predicted octanol–water partition coefficient (Wildman–Crippen LogP) is 8.72. The van der Waals surface area contributed by atoms with Gasteiger partial charge in [-0.1, -0.05) is 92.2 Å². The Balaban J connectivity index is 1.67. The Kier molecular flexibility index (Phi) is 10.0. The highest BCUT2D eigenvalue weighted by atomic mass is 32.2. The molecule has 2 aromatic carbocycles. The third-order valence-corrected chi connectivity index (χ3v) is 8.84. The maximum Gasteiger partial charge on any atom is 0.146 e. The summed E-state index contributed by atoms with van der Waals surface area (Å²) in [5.41, 5.74) is 5.53. The largest absolute Gasteiger partial charge is 0.505 e. The van der Waals surface area contributed by atoms with E-state index in [1.54, 1.807) is 4.80 Å². The van der Waals surface area contributed by atoms with Crippen LogP contribution in [0.2, 0.25) is 0 Å². The van der Waals surface area contributed by atoms with Crippen molar-refractivity contribution in [3.63, 3.8) is 0 Å². The fourth-order valence-electron chi connectivity index (χ4n) is 4.65. The minimum Gasteiger partial charge on any atom is -0.505 e. The van der Waals surface area contributed by atoms with E-state index in [0.717, 1.165) is 23.0 Å². The lowest BCUT2D eigenvalue weighted by atomic mass is 9.80. The van der Waals surface area contributed by atoms with E-state index in [9.17, 15) is 5.11 Å². The summed E-state index contributed by atoms with van der Waals surface area (Å²) in [7, 11) is 0.357. The quantitative estimate of drug-likeness (QED) is 0.191. The average molecular weight is 524 g/mol. The SMILES string of the molecule is C=S(CCCCC)CCCCCCc1ccc2nn(-c3cc(C(C)(C)C)cc(C(C)(C)C)c3O)nc2c1. The molecule has 0 saturated carbocycles. The van der Waals surface area contributed by atoms with Gasteiger partial charge in [0.1, 0.15) is 22.5 Å². The molecule has 1 heterocycles. The lowest BCUT2D eigenvalue weighted by Gasteiger charge is -2.27. The molecule has 0 bridgehead atoms. The zero-order chi connectivity index (χ0) is 27.2. The van der Waals surface area contributed by atoms with E-state index in [4.69, 9.17) is 10.2 Å². The molecule has 5 heteroatoms. The number of rotatable bonds is 12. The van der Waals surface area contributed by atoms with E-state index in [-0.39, 0.29) is 16.6 Å². The average Bonchev–Trinajstić information content (AvgIpc) is 3.23. The summed E-state index contributed by atoms with van der Waals surface area (Å²) in [6.45, 7) is 15.2. The monoisotopic (exact) mass is 523 g/mol. The van der Waals surface area contributed by atoms with Gasteiger partial charge in [0.15, 0.2) is 0 Å². The van der Waals surface area contributed by atoms with Crippen LogP contribution >= 0.6 is 10.5 Å². The van der Waals surface area contributed by atoms with Gasteiger partial charge in [-0.25, -0.2) is 0 Å². The maximum atomic E-state index is 11.2. The van der Waals surface area contributed by atoms with Gasteiger partial charge >= 0.3 is 0 Å². The van der Waals surface area contributed by atoms with Gasteiger partial charge in [-0.15, -0.1) is 15.0 Å². The minimum absolute atomic E-state index is 0.0494. The number of hydrogen-bond acceptors (Lipinski definition) is 3. The van der Waals surface area contributed by atoms with Gasteiger partial charge in [0.2, 0.25) is 0 Å². The van der Waals surface area contributed by atoms with Gasteiger partial charge in [0.05, 0.1) is 0 Å². The van der Waals surface area contributed by atoms with Gasteiger partial charge < -0.3 is 5.11 Å². The Morgan fingerprint density at radius 3 is 2.11 bits per heavy atom. The van der Waals surface area contributed by atoms with Crippen LogP contribution in [-0.4, -0.2) is 37.5 Å². The molecule has 0 spiro atoms. The van der Waals surface area contributed by atoms with E-state index in [2.05, 4.69) is 78.6 Å². The molecule has 0 aliphatic rings. The lowest BCUT2D eigenvalue weighted by Crippen LogP contribution is -2.18. The fraction of sp³-hybridized carbons (Fsp3) is 0.594. The summed E-state index contributed by atoms with van der Waals surface area (Å²) in [4.78, 5) is 1.62. The van der Waals surface area contributed by atoms with Crippen molar-refractivity contribution in [2.45, 2.75) is 111 Å². The molecule has 3 rings (SSSR count). The number of aromatic hydroxyl groups is 1. The van der Waals surface area contributed by atoms with Crippen molar-refractivity contribution in [3.8, 4) is 11.4 Å². The zero-order valence-electron chi connectivity index (χ0n) is 24.4. The Morgan fingerprint density at radius 2 is 1.46 bits per heavy atom. The minimum atomic E-state index is -0.191. The molecule has 0 aliphatic heterocycles. The summed E-state index contributed by atoms with van der Waals surface area (Å²) in [6.07, 6.45) is 10.1. The number of phenols is 1. The molecule has 0 aliphatic carbocycles. The normalized spacial score (nSPS) is 13.4.